The van der Waals surface area contributed by atoms with Gasteiger partial charge in [-0.05, 0) is 37.1 Å². The fourth-order valence-electron chi connectivity index (χ4n) is 2.26. The highest BCUT2D eigenvalue weighted by molar-refractivity contribution is 6.30. The first-order valence-electron chi connectivity index (χ1n) is 8.30. The van der Waals surface area contributed by atoms with E-state index in [9.17, 15) is 0 Å². The monoisotopic (exact) mass is 355 g/mol. The Kier molecular flexibility index (Phi) is 8.73. The van der Waals surface area contributed by atoms with Gasteiger partial charge in [0.2, 0.25) is 0 Å². The second-order valence-electron chi connectivity index (χ2n) is 5.44. The third-order valence-corrected chi connectivity index (χ3v) is 3.81. The van der Waals surface area contributed by atoms with E-state index in [4.69, 9.17) is 25.8 Å². The largest absolute Gasteiger partial charge is 0.492 e. The molecular weight excluding hydrogens is 330 g/mol. The van der Waals surface area contributed by atoms with Gasteiger partial charge in [0.25, 0.3) is 0 Å². The Balaban J connectivity index is 1.49. The highest BCUT2D eigenvalue weighted by Crippen LogP contribution is 2.15. The van der Waals surface area contributed by atoms with Crippen LogP contribution in [0.4, 0.5) is 0 Å². The van der Waals surface area contributed by atoms with E-state index in [0.717, 1.165) is 50.9 Å². The van der Waals surface area contributed by atoms with E-state index in [1.165, 1.54) is 0 Å². The Morgan fingerprint density at radius 3 is 2.75 bits per heavy atom. The van der Waals surface area contributed by atoms with E-state index in [2.05, 4.69) is 15.6 Å². The van der Waals surface area contributed by atoms with Crippen LogP contribution in [0, 0.1) is 0 Å². The van der Waals surface area contributed by atoms with Crippen LogP contribution in [0.1, 0.15) is 12.8 Å². The summed E-state index contributed by atoms with van der Waals surface area (Å²) in [6, 6.07) is 7.32. The number of benzene rings is 1. The fourth-order valence-corrected chi connectivity index (χ4v) is 2.39. The van der Waals surface area contributed by atoms with Crippen LogP contribution in [-0.4, -0.2) is 58.6 Å². The summed E-state index contributed by atoms with van der Waals surface area (Å²) in [5.41, 5.74) is 0. The SMILES string of the molecule is CN=C(NCCCOC1CCOC1)NCCOc1ccc(Cl)cc1. The van der Waals surface area contributed by atoms with Gasteiger partial charge in [0.15, 0.2) is 5.96 Å². The average Bonchev–Trinajstić information content (AvgIpc) is 3.11. The first kappa shape index (κ1) is 18.8. The lowest BCUT2D eigenvalue weighted by molar-refractivity contribution is 0.0420. The van der Waals surface area contributed by atoms with Crippen molar-refractivity contribution in [3.05, 3.63) is 29.3 Å². The molecule has 0 amide bonds. The number of rotatable bonds is 9. The molecule has 6 nitrogen and oxygen atoms in total. The molecular formula is C17H26ClN3O3. The second-order valence-corrected chi connectivity index (χ2v) is 5.87. The van der Waals surface area contributed by atoms with Crippen LogP contribution in [0.2, 0.25) is 5.02 Å². The molecule has 0 aliphatic carbocycles. The van der Waals surface area contributed by atoms with Crippen molar-refractivity contribution in [2.75, 3.05) is 46.6 Å². The molecule has 2 rings (SSSR count). The molecule has 1 aromatic carbocycles. The van der Waals surface area contributed by atoms with Crippen LogP contribution in [-0.2, 0) is 9.47 Å². The van der Waals surface area contributed by atoms with Crippen LogP contribution in [0.3, 0.4) is 0 Å². The molecule has 7 heteroatoms. The van der Waals surface area contributed by atoms with Crippen molar-refractivity contribution in [2.45, 2.75) is 18.9 Å². The molecule has 1 aromatic rings. The predicted molar refractivity (Wildman–Crippen MR) is 96.1 cm³/mol. The van der Waals surface area contributed by atoms with Crippen molar-refractivity contribution < 1.29 is 14.2 Å². The summed E-state index contributed by atoms with van der Waals surface area (Å²) in [4.78, 5) is 4.18. The van der Waals surface area contributed by atoms with E-state index >= 15 is 0 Å². The number of hydrogen-bond acceptors (Lipinski definition) is 4. The number of aliphatic imine (C=N–C) groups is 1. The minimum atomic E-state index is 0.271. The Bertz CT molecular complexity index is 490. The zero-order valence-electron chi connectivity index (χ0n) is 14.1. The van der Waals surface area contributed by atoms with Crippen LogP contribution in [0.5, 0.6) is 5.75 Å². The lowest BCUT2D eigenvalue weighted by atomic mass is 10.3. The molecule has 0 radical (unpaired) electrons. The van der Waals surface area contributed by atoms with Crippen molar-refractivity contribution in [1.29, 1.82) is 0 Å². The second kappa shape index (κ2) is 11.1. The lowest BCUT2D eigenvalue weighted by Gasteiger charge is -2.13. The van der Waals surface area contributed by atoms with E-state index in [0.29, 0.717) is 18.2 Å². The predicted octanol–water partition coefficient (Wildman–Crippen LogP) is 2.08. The first-order chi connectivity index (χ1) is 11.8. The Labute approximate surface area is 148 Å². The lowest BCUT2D eigenvalue weighted by Crippen LogP contribution is -2.40. The molecule has 24 heavy (non-hydrogen) atoms. The minimum absolute atomic E-state index is 0.271. The topological polar surface area (TPSA) is 64.1 Å². The van der Waals surface area contributed by atoms with E-state index in [1.54, 1.807) is 7.05 Å². The molecule has 1 saturated heterocycles. The van der Waals surface area contributed by atoms with Gasteiger partial charge in [-0.15, -0.1) is 0 Å². The van der Waals surface area contributed by atoms with Crippen molar-refractivity contribution in [3.63, 3.8) is 0 Å². The molecule has 0 saturated carbocycles. The summed E-state index contributed by atoms with van der Waals surface area (Å²) < 4.78 is 16.6. The molecule has 1 unspecified atom stereocenters. The molecule has 1 fully saturated rings. The van der Waals surface area contributed by atoms with Gasteiger partial charge in [-0.2, -0.15) is 0 Å². The van der Waals surface area contributed by atoms with Gasteiger partial charge in [0, 0.05) is 31.8 Å². The van der Waals surface area contributed by atoms with Crippen LogP contribution in [0.25, 0.3) is 0 Å². The molecule has 134 valence electrons. The van der Waals surface area contributed by atoms with Crippen LogP contribution in [0.15, 0.2) is 29.3 Å². The number of guanidine groups is 1. The molecule has 2 N–H and O–H groups in total. The first-order valence-corrected chi connectivity index (χ1v) is 8.68. The van der Waals surface area contributed by atoms with Gasteiger partial charge in [-0.25, -0.2) is 0 Å². The molecule has 0 spiro atoms. The fraction of sp³-hybridized carbons (Fsp3) is 0.588. The summed E-state index contributed by atoms with van der Waals surface area (Å²) in [7, 11) is 1.75. The van der Waals surface area contributed by atoms with Crippen LogP contribution < -0.4 is 15.4 Å². The van der Waals surface area contributed by atoms with Gasteiger partial charge >= 0.3 is 0 Å². The van der Waals surface area contributed by atoms with E-state index in [-0.39, 0.29) is 6.10 Å². The summed E-state index contributed by atoms with van der Waals surface area (Å²) >= 11 is 5.83. The maximum Gasteiger partial charge on any atom is 0.191 e. The smallest absolute Gasteiger partial charge is 0.191 e. The van der Waals surface area contributed by atoms with Crippen molar-refractivity contribution in [2.24, 2.45) is 4.99 Å². The Morgan fingerprint density at radius 2 is 2.04 bits per heavy atom. The quantitative estimate of drug-likeness (QED) is 0.403. The molecule has 1 aliphatic heterocycles. The standard InChI is InChI=1S/C17H26ClN3O3/c1-19-17(20-8-2-10-23-16-7-11-22-13-16)21-9-12-24-15-5-3-14(18)4-6-15/h3-6,16H,2,7-13H2,1H3,(H2,19,20,21). The van der Waals surface area contributed by atoms with Gasteiger partial charge in [-0.3, -0.25) is 4.99 Å². The normalized spacial score (nSPS) is 17.8. The van der Waals surface area contributed by atoms with Gasteiger partial charge < -0.3 is 24.8 Å². The molecule has 1 heterocycles. The van der Waals surface area contributed by atoms with Crippen molar-refractivity contribution in [3.8, 4) is 5.75 Å². The third-order valence-electron chi connectivity index (χ3n) is 3.56. The highest BCUT2D eigenvalue weighted by atomic mass is 35.5. The zero-order chi connectivity index (χ0) is 17.0. The number of nitrogens with zero attached hydrogens (tertiary/aromatic N) is 1. The Hall–Kier alpha value is -1.50. The summed E-state index contributed by atoms with van der Waals surface area (Å²) in [6.07, 6.45) is 2.20. The van der Waals surface area contributed by atoms with Crippen molar-refractivity contribution >= 4 is 17.6 Å². The number of hydrogen-bond donors (Lipinski definition) is 2. The summed E-state index contributed by atoms with van der Waals surface area (Å²) in [6.45, 7) is 4.30. The molecule has 1 atom stereocenters. The summed E-state index contributed by atoms with van der Waals surface area (Å²) in [5, 5.41) is 7.17. The molecule has 0 bridgehead atoms. The van der Waals surface area contributed by atoms with Gasteiger partial charge in [0.05, 0.1) is 19.3 Å². The molecule has 0 aromatic heterocycles. The van der Waals surface area contributed by atoms with Crippen molar-refractivity contribution in [1.82, 2.24) is 10.6 Å². The van der Waals surface area contributed by atoms with E-state index in [1.807, 2.05) is 24.3 Å². The zero-order valence-corrected chi connectivity index (χ0v) is 14.8. The van der Waals surface area contributed by atoms with Crippen LogP contribution >= 0.6 is 11.6 Å². The molecule has 1 aliphatic rings. The van der Waals surface area contributed by atoms with Gasteiger partial charge in [-0.1, -0.05) is 11.6 Å². The highest BCUT2D eigenvalue weighted by Gasteiger charge is 2.15. The maximum atomic E-state index is 5.83. The number of halogens is 1. The number of nitrogens with one attached hydrogen (secondary N) is 2. The summed E-state index contributed by atoms with van der Waals surface area (Å²) in [5.74, 6) is 1.57. The van der Waals surface area contributed by atoms with E-state index < -0.39 is 0 Å². The Morgan fingerprint density at radius 1 is 1.25 bits per heavy atom. The number of ether oxygens (including phenoxy) is 3. The maximum absolute atomic E-state index is 5.83. The average molecular weight is 356 g/mol. The third kappa shape index (κ3) is 7.38. The van der Waals surface area contributed by atoms with Gasteiger partial charge in [0.1, 0.15) is 12.4 Å². The minimum Gasteiger partial charge on any atom is -0.492 e.